The maximum Gasteiger partial charge on any atom is 0.135 e. The van der Waals surface area contributed by atoms with Gasteiger partial charge in [-0.25, -0.2) is 4.98 Å². The summed E-state index contributed by atoms with van der Waals surface area (Å²) in [5.41, 5.74) is 14.7. The van der Waals surface area contributed by atoms with Crippen molar-refractivity contribution in [2.24, 2.45) is 0 Å². The summed E-state index contributed by atoms with van der Waals surface area (Å²) in [6, 6.07) is 59.1. The third-order valence-electron chi connectivity index (χ3n) is 12.8. The first-order chi connectivity index (χ1) is 30.8. The number of nitrogens with zero attached hydrogens (tertiary/aromatic N) is 5. The van der Waals surface area contributed by atoms with Gasteiger partial charge in [-0.2, -0.15) is 12.1 Å². The van der Waals surface area contributed by atoms with Gasteiger partial charge in [-0.05, 0) is 101 Å². The number of pyridine rings is 1. The molecule has 0 bridgehead atoms. The number of benzene rings is 7. The molecule has 0 amide bonds. The molecular formula is C58H50N5OPt-3. The van der Waals surface area contributed by atoms with Crippen LogP contribution in [0.25, 0.3) is 55.1 Å². The van der Waals surface area contributed by atoms with Crippen LogP contribution >= 0.6 is 0 Å². The van der Waals surface area contributed by atoms with E-state index < -0.39 is 0 Å². The van der Waals surface area contributed by atoms with Crippen LogP contribution in [0.15, 0.2) is 152 Å². The summed E-state index contributed by atoms with van der Waals surface area (Å²) < 4.78 is 11.3. The molecule has 7 aromatic carbocycles. The first-order valence-corrected chi connectivity index (χ1v) is 22.1. The number of aromatic nitrogens is 3. The first-order valence-electron chi connectivity index (χ1n) is 22.1. The number of ether oxygens (including phenoxy) is 1. The average molecular weight is 1030 g/mol. The van der Waals surface area contributed by atoms with Gasteiger partial charge in [0.15, 0.2) is 0 Å². The number of hydrogen-bond acceptors (Lipinski definition) is 4. The molecule has 0 N–H and O–H groups in total. The standard InChI is InChI=1S/C58H50N5O.Pt/c1-37-29-40(58(6,7)8)30-38(2)56(37)61-36-60(50-23-14-15-24-51(50)61)42-19-16-20-43(32-42)64-44-25-26-46-48-34-47-45-21-12-13-22-49(45)62(41-17-10-9-11-18-41)53(47)35-54(48)63(52(46)33-44)55-31-39(27-28-59-55)57(3,4)5;/h9-31,34-36H,1-8H3;/q-3;. The largest absolute Gasteiger partial charge is 0.509 e. The Morgan fingerprint density at radius 2 is 1.17 bits per heavy atom. The fourth-order valence-electron chi connectivity index (χ4n) is 9.55. The zero-order chi connectivity index (χ0) is 44.1. The summed E-state index contributed by atoms with van der Waals surface area (Å²) in [5.74, 6) is 2.03. The zero-order valence-corrected chi connectivity index (χ0v) is 40.2. The molecule has 10 aromatic rings. The maximum atomic E-state index is 6.73. The van der Waals surface area contributed by atoms with Crippen LogP contribution in [-0.4, -0.2) is 14.1 Å². The van der Waals surface area contributed by atoms with Crippen molar-refractivity contribution >= 4 is 66.4 Å². The van der Waals surface area contributed by atoms with Crippen LogP contribution in [-0.2, 0) is 31.9 Å². The van der Waals surface area contributed by atoms with Crippen molar-refractivity contribution < 1.29 is 25.8 Å². The molecule has 7 heteroatoms. The van der Waals surface area contributed by atoms with Crippen LogP contribution in [0.1, 0.15) is 63.8 Å². The molecule has 1 aliphatic rings. The van der Waals surface area contributed by atoms with Crippen LogP contribution in [0.3, 0.4) is 0 Å². The van der Waals surface area contributed by atoms with Gasteiger partial charge in [0.25, 0.3) is 0 Å². The van der Waals surface area contributed by atoms with Crippen LogP contribution in [0.4, 0.5) is 22.7 Å². The third kappa shape index (κ3) is 7.20. The van der Waals surface area contributed by atoms with E-state index in [1.165, 1.54) is 44.2 Å². The van der Waals surface area contributed by atoms with E-state index in [1.54, 1.807) is 0 Å². The molecule has 3 aromatic heterocycles. The van der Waals surface area contributed by atoms with E-state index in [9.17, 15) is 0 Å². The molecule has 1 aliphatic heterocycles. The van der Waals surface area contributed by atoms with E-state index >= 15 is 0 Å². The quantitative estimate of drug-likeness (QED) is 0.156. The van der Waals surface area contributed by atoms with Crippen molar-refractivity contribution in [3.05, 3.63) is 193 Å². The molecule has 0 unspecified atom stereocenters. The third-order valence-corrected chi connectivity index (χ3v) is 12.8. The Balaban J connectivity index is 0.00000498. The second-order valence-corrected chi connectivity index (χ2v) is 19.2. The van der Waals surface area contributed by atoms with E-state index in [2.05, 4.69) is 221 Å². The zero-order valence-electron chi connectivity index (χ0n) is 38.0. The normalized spacial score (nSPS) is 13.0. The topological polar surface area (TPSA) is 38.5 Å². The monoisotopic (exact) mass is 1030 g/mol. The minimum atomic E-state index is -0.0683. The predicted molar refractivity (Wildman–Crippen MR) is 265 cm³/mol. The number of aryl methyl sites for hydroxylation is 2. The van der Waals surface area contributed by atoms with Crippen LogP contribution < -0.4 is 14.5 Å². The summed E-state index contributed by atoms with van der Waals surface area (Å²) in [4.78, 5) is 9.53. The van der Waals surface area contributed by atoms with Gasteiger partial charge in [-0.1, -0.05) is 114 Å². The molecule has 0 spiro atoms. The fourth-order valence-corrected chi connectivity index (χ4v) is 9.55. The summed E-state index contributed by atoms with van der Waals surface area (Å²) in [6.07, 6.45) is 1.92. The Labute approximate surface area is 396 Å². The molecule has 0 aliphatic carbocycles. The van der Waals surface area contributed by atoms with Gasteiger partial charge >= 0.3 is 0 Å². The second kappa shape index (κ2) is 15.8. The Morgan fingerprint density at radius 3 is 1.91 bits per heavy atom. The van der Waals surface area contributed by atoms with E-state index in [1.807, 2.05) is 24.4 Å². The minimum Gasteiger partial charge on any atom is -0.509 e. The maximum absolute atomic E-state index is 6.73. The van der Waals surface area contributed by atoms with E-state index in [-0.39, 0.29) is 31.9 Å². The SMILES string of the molecule is Cc1cc(C(C)(C)C)cc(C)c1N1[CH-]N(c2[c-]c(Oc3[c-]c4c(cc3)c3cc5c6ccccc6n(-c6ccccc6)c5cc3n4-c3cc(C(C)(C)C)ccn3)ccc2)c2ccccc21.[Pt]. The van der Waals surface area contributed by atoms with Crippen LogP contribution in [0.5, 0.6) is 11.5 Å². The predicted octanol–water partition coefficient (Wildman–Crippen LogP) is 15.3. The molecule has 326 valence electrons. The van der Waals surface area contributed by atoms with Crippen molar-refractivity contribution in [2.75, 3.05) is 9.80 Å². The Morgan fingerprint density at radius 1 is 0.523 bits per heavy atom. The molecule has 0 atom stereocenters. The van der Waals surface area contributed by atoms with Gasteiger partial charge in [0.2, 0.25) is 0 Å². The van der Waals surface area contributed by atoms with E-state index in [0.717, 1.165) is 55.9 Å². The van der Waals surface area contributed by atoms with Crippen LogP contribution in [0.2, 0.25) is 0 Å². The Kier molecular flexibility index (Phi) is 10.3. The minimum absolute atomic E-state index is 0. The number of rotatable bonds is 6. The molecule has 0 radical (unpaired) electrons. The van der Waals surface area contributed by atoms with E-state index in [4.69, 9.17) is 9.72 Å². The van der Waals surface area contributed by atoms with Gasteiger partial charge in [0, 0.05) is 77.8 Å². The van der Waals surface area contributed by atoms with Gasteiger partial charge in [0.1, 0.15) is 5.82 Å². The number of fused-ring (bicyclic) bond motifs is 7. The molecule has 0 saturated heterocycles. The summed E-state index contributed by atoms with van der Waals surface area (Å²) in [6.45, 7) is 20.1. The van der Waals surface area contributed by atoms with Gasteiger partial charge in [-0.3, -0.25) is 0 Å². The molecular weight excluding hydrogens is 978 g/mol. The number of para-hydroxylation sites is 4. The smallest absolute Gasteiger partial charge is 0.135 e. The Hall–Kier alpha value is -6.62. The molecule has 6 nitrogen and oxygen atoms in total. The van der Waals surface area contributed by atoms with Crippen molar-refractivity contribution in [3.63, 3.8) is 0 Å². The molecule has 11 rings (SSSR count). The van der Waals surface area contributed by atoms with Crippen molar-refractivity contribution in [1.82, 2.24) is 14.1 Å². The van der Waals surface area contributed by atoms with Crippen molar-refractivity contribution in [3.8, 4) is 23.0 Å². The summed E-state index contributed by atoms with van der Waals surface area (Å²) >= 11 is 0. The van der Waals surface area contributed by atoms with Crippen LogP contribution in [0, 0.1) is 32.6 Å². The molecule has 0 fully saturated rings. The second-order valence-electron chi connectivity index (χ2n) is 19.2. The van der Waals surface area contributed by atoms with Crippen molar-refractivity contribution in [2.45, 2.75) is 66.2 Å². The number of hydrogen-bond donors (Lipinski definition) is 0. The molecule has 0 saturated carbocycles. The first kappa shape index (κ1) is 42.3. The molecule has 4 heterocycles. The Bertz CT molecular complexity index is 3440. The average Bonchev–Trinajstić information content (AvgIpc) is 3.92. The van der Waals surface area contributed by atoms with Gasteiger partial charge < -0.3 is 23.7 Å². The summed E-state index contributed by atoms with van der Waals surface area (Å²) in [5, 5.41) is 4.61. The van der Waals surface area contributed by atoms with Crippen molar-refractivity contribution in [1.29, 1.82) is 0 Å². The van der Waals surface area contributed by atoms with E-state index in [0.29, 0.717) is 11.5 Å². The number of anilines is 4. The van der Waals surface area contributed by atoms with Gasteiger partial charge in [-0.15, -0.1) is 48.1 Å². The van der Waals surface area contributed by atoms with Gasteiger partial charge in [0.05, 0.1) is 11.0 Å². The summed E-state index contributed by atoms with van der Waals surface area (Å²) in [7, 11) is 0. The fraction of sp³-hybridized carbons (Fsp3) is 0.172. The molecule has 65 heavy (non-hydrogen) atoms.